The molecule has 6 rings (SSSR count). The third kappa shape index (κ3) is 4.24. The minimum atomic E-state index is -3.73. The van der Waals surface area contributed by atoms with Gasteiger partial charge in [0.2, 0.25) is 10.0 Å². The second-order valence-electron chi connectivity index (χ2n) is 8.55. The zero-order valence-electron chi connectivity index (χ0n) is 19.1. The molecule has 14 heteroatoms. The Morgan fingerprint density at radius 3 is 2.56 bits per heavy atom. The van der Waals surface area contributed by atoms with Crippen molar-refractivity contribution >= 4 is 10.0 Å². The van der Waals surface area contributed by atoms with E-state index in [9.17, 15) is 8.42 Å². The summed E-state index contributed by atoms with van der Waals surface area (Å²) in [6.07, 6.45) is 2.12. The number of tetrazole rings is 1. The zero-order valence-corrected chi connectivity index (χ0v) is 19.9. The molecule has 0 amide bonds. The highest BCUT2D eigenvalue weighted by Gasteiger charge is 2.50. The first-order chi connectivity index (χ1) is 17.5. The lowest BCUT2D eigenvalue weighted by molar-refractivity contribution is 0.0615. The Kier molecular flexibility index (Phi) is 5.72. The van der Waals surface area contributed by atoms with Crippen LogP contribution in [0.25, 0.3) is 5.69 Å². The van der Waals surface area contributed by atoms with E-state index in [0.717, 1.165) is 11.3 Å². The molecule has 0 unspecified atom stereocenters. The van der Waals surface area contributed by atoms with E-state index in [4.69, 9.17) is 14.2 Å². The lowest BCUT2D eigenvalue weighted by Crippen LogP contribution is -2.44. The van der Waals surface area contributed by atoms with E-state index in [-0.39, 0.29) is 30.2 Å². The molecule has 2 aliphatic heterocycles. The van der Waals surface area contributed by atoms with Crippen molar-refractivity contribution in [3.8, 4) is 17.4 Å². The molecular formula is C22H22N8O5S. The number of aromatic nitrogens is 7. The Labute approximate surface area is 206 Å². The number of benzene rings is 2. The molecule has 13 nitrogen and oxygen atoms in total. The highest BCUT2D eigenvalue weighted by molar-refractivity contribution is 7.89. The summed E-state index contributed by atoms with van der Waals surface area (Å²) in [5.74, 6) is 0.529. The second-order valence-corrected chi connectivity index (χ2v) is 10.3. The highest BCUT2D eigenvalue weighted by atomic mass is 32.2. The predicted octanol–water partition coefficient (Wildman–Crippen LogP) is 1.04. The number of aryl methyl sites for hydroxylation is 1. The van der Waals surface area contributed by atoms with Crippen molar-refractivity contribution in [1.82, 2.24) is 39.7 Å². The fourth-order valence-corrected chi connectivity index (χ4v) is 5.58. The molecule has 0 bridgehead atoms. The molecule has 0 saturated carbocycles. The van der Waals surface area contributed by atoms with E-state index < -0.39 is 28.3 Å². The first-order valence-corrected chi connectivity index (χ1v) is 12.7. The van der Waals surface area contributed by atoms with E-state index in [0.29, 0.717) is 5.75 Å². The summed E-state index contributed by atoms with van der Waals surface area (Å²) in [6.45, 7) is 2.31. The molecule has 4 aromatic rings. The van der Waals surface area contributed by atoms with Crippen molar-refractivity contribution in [2.24, 2.45) is 0 Å². The molecule has 2 aliphatic rings. The van der Waals surface area contributed by atoms with Gasteiger partial charge in [-0.25, -0.2) is 22.8 Å². The van der Waals surface area contributed by atoms with E-state index in [1.165, 1.54) is 11.0 Å². The Morgan fingerprint density at radius 2 is 1.81 bits per heavy atom. The predicted molar refractivity (Wildman–Crippen MR) is 123 cm³/mol. The first kappa shape index (κ1) is 22.7. The largest absolute Gasteiger partial charge is 0.423 e. The van der Waals surface area contributed by atoms with Crippen molar-refractivity contribution in [2.45, 2.75) is 36.1 Å². The van der Waals surface area contributed by atoms with Gasteiger partial charge in [0.05, 0.1) is 29.8 Å². The summed E-state index contributed by atoms with van der Waals surface area (Å²) in [5.41, 5.74) is 1.80. The SMILES string of the molecule is Cc1ccc(S(=O)(=O)N[C@@H]2CO[C@@H]3[C@@H]2OC[C@@H]3n2nnnc2Oc2ccc(-n3cncn3)cc2)cc1. The average molecular weight is 511 g/mol. The van der Waals surface area contributed by atoms with Gasteiger partial charge in [0.25, 0.3) is 0 Å². The standard InChI is InChI=1S/C22H22N8O5S/c1-14-2-8-17(9-3-14)36(31,32)26-18-10-33-21-19(11-34-20(18)21)30-22(25-27-28-30)35-16-6-4-15(5-7-16)29-13-23-12-24-29/h2-9,12-13,18-21,26H,10-11H2,1H3/t18-,19+,20-,21+/m1/s1. The fraction of sp³-hybridized carbons (Fsp3) is 0.318. The van der Waals surface area contributed by atoms with Crippen molar-refractivity contribution in [1.29, 1.82) is 0 Å². The van der Waals surface area contributed by atoms with Gasteiger partial charge in [-0.15, -0.1) is 0 Å². The van der Waals surface area contributed by atoms with Crippen LogP contribution in [-0.4, -0.2) is 74.9 Å². The minimum Gasteiger partial charge on any atom is -0.423 e. The van der Waals surface area contributed by atoms with Crippen molar-refractivity contribution < 1.29 is 22.6 Å². The zero-order chi connectivity index (χ0) is 24.7. The highest BCUT2D eigenvalue weighted by Crippen LogP contribution is 2.36. The number of rotatable bonds is 7. The van der Waals surface area contributed by atoms with Crippen molar-refractivity contribution in [3.63, 3.8) is 0 Å². The number of nitrogens with one attached hydrogen (secondary N) is 1. The normalized spacial score (nSPS) is 23.6. The van der Waals surface area contributed by atoms with Gasteiger partial charge >= 0.3 is 6.01 Å². The van der Waals surface area contributed by atoms with Gasteiger partial charge in [-0.2, -0.15) is 9.78 Å². The molecular weight excluding hydrogens is 488 g/mol. The Bertz CT molecular complexity index is 1440. The lowest BCUT2D eigenvalue weighted by Gasteiger charge is -2.18. The molecule has 4 atom stereocenters. The van der Waals surface area contributed by atoms with Gasteiger partial charge in [-0.05, 0) is 53.7 Å². The van der Waals surface area contributed by atoms with Crippen molar-refractivity contribution in [2.75, 3.05) is 13.2 Å². The van der Waals surface area contributed by atoms with Crippen LogP contribution in [0.3, 0.4) is 0 Å². The number of sulfonamides is 1. The Hall–Kier alpha value is -3.72. The van der Waals surface area contributed by atoms with Gasteiger partial charge in [-0.1, -0.05) is 22.8 Å². The second kappa shape index (κ2) is 9.05. The van der Waals surface area contributed by atoms with E-state index in [1.807, 2.05) is 19.1 Å². The fourth-order valence-electron chi connectivity index (χ4n) is 4.35. The number of nitrogens with zero attached hydrogens (tertiary/aromatic N) is 7. The van der Waals surface area contributed by atoms with Crippen molar-refractivity contribution in [3.05, 3.63) is 66.7 Å². The van der Waals surface area contributed by atoms with Crippen LogP contribution >= 0.6 is 0 Å². The molecule has 1 N–H and O–H groups in total. The summed E-state index contributed by atoms with van der Waals surface area (Å²) in [4.78, 5) is 4.13. The monoisotopic (exact) mass is 510 g/mol. The van der Waals surface area contributed by atoms with E-state index >= 15 is 0 Å². The maximum absolute atomic E-state index is 12.9. The smallest absolute Gasteiger partial charge is 0.341 e. The summed E-state index contributed by atoms with van der Waals surface area (Å²) in [5, 5.41) is 15.9. The van der Waals surface area contributed by atoms with Gasteiger partial charge in [0, 0.05) is 0 Å². The van der Waals surface area contributed by atoms with E-state index in [2.05, 4.69) is 30.3 Å². The van der Waals surface area contributed by atoms with Gasteiger partial charge in [0.15, 0.2) is 0 Å². The number of ether oxygens (including phenoxy) is 3. The van der Waals surface area contributed by atoms with Crippen LogP contribution < -0.4 is 9.46 Å². The molecule has 0 aliphatic carbocycles. The van der Waals surface area contributed by atoms with Crippen LogP contribution in [0.15, 0.2) is 66.1 Å². The molecule has 2 aromatic carbocycles. The molecule has 2 saturated heterocycles. The van der Waals surface area contributed by atoms with E-state index in [1.54, 1.807) is 47.4 Å². The average Bonchev–Trinajstić information content (AvgIpc) is 3.67. The molecule has 0 spiro atoms. The molecule has 2 aromatic heterocycles. The van der Waals surface area contributed by atoms with Gasteiger partial charge in [-0.3, -0.25) is 0 Å². The van der Waals surface area contributed by atoms with Crippen LogP contribution in [0.5, 0.6) is 11.8 Å². The van der Waals surface area contributed by atoms with Crippen LogP contribution in [0.2, 0.25) is 0 Å². The maximum atomic E-state index is 12.9. The topological polar surface area (TPSA) is 148 Å². The summed E-state index contributed by atoms with van der Waals surface area (Å²) >= 11 is 0. The molecule has 0 radical (unpaired) electrons. The summed E-state index contributed by atoms with van der Waals surface area (Å²) < 4.78 is 49.4. The Balaban J connectivity index is 1.15. The summed E-state index contributed by atoms with van der Waals surface area (Å²) in [6, 6.07) is 13.1. The number of fused-ring (bicyclic) bond motifs is 1. The first-order valence-electron chi connectivity index (χ1n) is 11.2. The molecule has 186 valence electrons. The van der Waals surface area contributed by atoms with Gasteiger partial charge in [0.1, 0.15) is 36.7 Å². The maximum Gasteiger partial charge on any atom is 0.341 e. The molecule has 4 heterocycles. The lowest BCUT2D eigenvalue weighted by atomic mass is 10.1. The van der Waals surface area contributed by atoms with Crippen LogP contribution in [0.1, 0.15) is 11.6 Å². The summed E-state index contributed by atoms with van der Waals surface area (Å²) in [7, 11) is -3.73. The third-order valence-corrected chi connectivity index (χ3v) is 7.68. The molecule has 2 fully saturated rings. The van der Waals surface area contributed by atoms with Crippen LogP contribution in [-0.2, 0) is 19.5 Å². The Morgan fingerprint density at radius 1 is 1.03 bits per heavy atom. The van der Waals surface area contributed by atoms with Crippen LogP contribution in [0, 0.1) is 6.92 Å². The molecule has 36 heavy (non-hydrogen) atoms. The third-order valence-electron chi connectivity index (χ3n) is 6.17. The van der Waals surface area contributed by atoms with Crippen LogP contribution in [0.4, 0.5) is 0 Å². The number of hydrogen-bond acceptors (Lipinski definition) is 10. The quantitative estimate of drug-likeness (QED) is 0.382. The number of hydrogen-bond donors (Lipinski definition) is 1. The van der Waals surface area contributed by atoms with Gasteiger partial charge < -0.3 is 14.2 Å². The minimum absolute atomic E-state index is 0.166.